The van der Waals surface area contributed by atoms with Gasteiger partial charge in [0.1, 0.15) is 5.75 Å². The highest BCUT2D eigenvalue weighted by atomic mass is 79.9. The predicted octanol–water partition coefficient (Wildman–Crippen LogP) is 1.95. The molecule has 0 aliphatic carbocycles. The molecule has 0 aliphatic heterocycles. The smallest absolute Gasteiger partial charge is 0.257 e. The van der Waals surface area contributed by atoms with Crippen LogP contribution >= 0.6 is 15.9 Å². The maximum Gasteiger partial charge on any atom is 0.257 e. The summed E-state index contributed by atoms with van der Waals surface area (Å²) in [7, 11) is 3.30. The lowest BCUT2D eigenvalue weighted by Gasteiger charge is -2.23. The molecule has 5 heteroatoms. The fourth-order valence-electron chi connectivity index (χ4n) is 1.21. The van der Waals surface area contributed by atoms with E-state index in [1.54, 1.807) is 30.4 Å². The number of hydrogen-bond donors (Lipinski definition) is 0. The number of ether oxygens (including phenoxy) is 1. The summed E-state index contributed by atoms with van der Waals surface area (Å²) in [5, 5.41) is 0.739. The third-order valence-corrected chi connectivity index (χ3v) is 3.38. The first-order chi connectivity index (χ1) is 7.61. The van der Waals surface area contributed by atoms with E-state index in [0.29, 0.717) is 11.3 Å². The topological polar surface area (TPSA) is 42.4 Å². The van der Waals surface area contributed by atoms with Crippen molar-refractivity contribution in [3.05, 3.63) is 24.0 Å². The molecule has 0 bridgehead atoms. The minimum Gasteiger partial charge on any atom is -0.494 e. The Morgan fingerprint density at radius 1 is 1.69 bits per heavy atom. The van der Waals surface area contributed by atoms with Crippen molar-refractivity contribution in [1.82, 2.24) is 9.88 Å². The highest BCUT2D eigenvalue weighted by molar-refractivity contribution is 9.09. The van der Waals surface area contributed by atoms with E-state index in [9.17, 15) is 4.79 Å². The SMILES string of the molecule is COc1cnccc1C(=O)N(C)C(C)CBr. The Labute approximate surface area is 104 Å². The van der Waals surface area contributed by atoms with E-state index in [2.05, 4.69) is 20.9 Å². The van der Waals surface area contributed by atoms with Crippen molar-refractivity contribution in [2.75, 3.05) is 19.5 Å². The number of carbonyl (C=O) groups excluding carboxylic acids is 1. The zero-order valence-corrected chi connectivity index (χ0v) is 11.2. The Hall–Kier alpha value is -1.10. The van der Waals surface area contributed by atoms with Crippen LogP contribution in [-0.4, -0.2) is 41.3 Å². The molecule has 1 amide bonds. The number of amides is 1. The third kappa shape index (κ3) is 2.72. The summed E-state index contributed by atoms with van der Waals surface area (Å²) < 4.78 is 5.11. The number of nitrogens with zero attached hydrogens (tertiary/aromatic N) is 2. The van der Waals surface area contributed by atoms with Gasteiger partial charge in [0.05, 0.1) is 18.9 Å². The van der Waals surface area contributed by atoms with Gasteiger partial charge in [0, 0.05) is 24.6 Å². The van der Waals surface area contributed by atoms with E-state index in [4.69, 9.17) is 4.74 Å². The maximum atomic E-state index is 12.1. The summed E-state index contributed by atoms with van der Waals surface area (Å²) in [6, 6.07) is 1.80. The minimum atomic E-state index is -0.0637. The second kappa shape index (κ2) is 5.84. The zero-order valence-electron chi connectivity index (χ0n) is 9.61. The van der Waals surface area contributed by atoms with Gasteiger partial charge in [-0.3, -0.25) is 9.78 Å². The fraction of sp³-hybridized carbons (Fsp3) is 0.455. The number of aromatic nitrogens is 1. The predicted molar refractivity (Wildman–Crippen MR) is 66.1 cm³/mol. The maximum absolute atomic E-state index is 12.1. The Morgan fingerprint density at radius 3 is 2.94 bits per heavy atom. The summed E-state index contributed by atoms with van der Waals surface area (Å²) in [5.41, 5.74) is 0.535. The van der Waals surface area contributed by atoms with Crippen molar-refractivity contribution in [2.45, 2.75) is 13.0 Å². The van der Waals surface area contributed by atoms with Crippen molar-refractivity contribution in [3.8, 4) is 5.75 Å². The molecule has 1 aromatic rings. The lowest BCUT2D eigenvalue weighted by molar-refractivity contribution is 0.0754. The van der Waals surface area contributed by atoms with Crippen molar-refractivity contribution in [3.63, 3.8) is 0 Å². The quantitative estimate of drug-likeness (QED) is 0.795. The second-order valence-corrected chi connectivity index (χ2v) is 4.14. The third-order valence-electron chi connectivity index (χ3n) is 2.44. The molecular formula is C11H15BrN2O2. The molecule has 16 heavy (non-hydrogen) atoms. The number of hydrogen-bond acceptors (Lipinski definition) is 3. The molecule has 0 spiro atoms. The van der Waals surface area contributed by atoms with Gasteiger partial charge in [0.25, 0.3) is 5.91 Å². The molecule has 0 fully saturated rings. The first-order valence-electron chi connectivity index (χ1n) is 4.93. The van der Waals surface area contributed by atoms with Gasteiger partial charge in [-0.05, 0) is 13.0 Å². The van der Waals surface area contributed by atoms with Crippen LogP contribution in [0.3, 0.4) is 0 Å². The van der Waals surface area contributed by atoms with Crippen LogP contribution in [0.2, 0.25) is 0 Å². The lowest BCUT2D eigenvalue weighted by Crippen LogP contribution is -2.36. The van der Waals surface area contributed by atoms with E-state index < -0.39 is 0 Å². The van der Waals surface area contributed by atoms with E-state index in [0.717, 1.165) is 5.33 Å². The summed E-state index contributed by atoms with van der Waals surface area (Å²) in [4.78, 5) is 17.7. The van der Waals surface area contributed by atoms with E-state index >= 15 is 0 Å². The van der Waals surface area contributed by atoms with Gasteiger partial charge < -0.3 is 9.64 Å². The van der Waals surface area contributed by atoms with Crippen LogP contribution in [0, 0.1) is 0 Å². The van der Waals surface area contributed by atoms with Gasteiger partial charge in [-0.25, -0.2) is 0 Å². The number of pyridine rings is 1. The average molecular weight is 287 g/mol. The van der Waals surface area contributed by atoms with Crippen LogP contribution in [0.1, 0.15) is 17.3 Å². The lowest BCUT2D eigenvalue weighted by atomic mass is 10.2. The normalized spacial score (nSPS) is 12.0. The van der Waals surface area contributed by atoms with Crippen LogP contribution in [0.4, 0.5) is 0 Å². The molecule has 1 atom stereocenters. The van der Waals surface area contributed by atoms with Crippen LogP contribution in [0.25, 0.3) is 0 Å². The van der Waals surface area contributed by atoms with Crippen LogP contribution < -0.4 is 4.74 Å². The van der Waals surface area contributed by atoms with Crippen LogP contribution in [-0.2, 0) is 0 Å². The van der Waals surface area contributed by atoms with E-state index in [1.165, 1.54) is 7.11 Å². The molecule has 4 nitrogen and oxygen atoms in total. The van der Waals surface area contributed by atoms with Crippen molar-refractivity contribution in [1.29, 1.82) is 0 Å². The summed E-state index contributed by atoms with van der Waals surface area (Å²) >= 11 is 3.35. The molecule has 0 radical (unpaired) electrons. The summed E-state index contributed by atoms with van der Waals surface area (Å²) in [5.74, 6) is 0.437. The van der Waals surface area contributed by atoms with E-state index in [-0.39, 0.29) is 11.9 Å². The van der Waals surface area contributed by atoms with Crippen LogP contribution in [0.5, 0.6) is 5.75 Å². The Balaban J connectivity index is 2.95. The Kier molecular flexibility index (Phi) is 4.73. The van der Waals surface area contributed by atoms with Crippen molar-refractivity contribution in [2.24, 2.45) is 0 Å². The number of rotatable bonds is 4. The fourth-order valence-corrected chi connectivity index (χ4v) is 1.65. The average Bonchev–Trinajstić information content (AvgIpc) is 2.35. The summed E-state index contributed by atoms with van der Waals surface area (Å²) in [6.45, 7) is 1.97. The number of alkyl halides is 1. The van der Waals surface area contributed by atoms with Gasteiger partial charge in [-0.15, -0.1) is 0 Å². The standard InChI is InChI=1S/C11H15BrN2O2/c1-8(6-12)14(2)11(15)9-4-5-13-7-10(9)16-3/h4-5,7-8H,6H2,1-3H3. The largest absolute Gasteiger partial charge is 0.494 e. The molecule has 0 aromatic carbocycles. The highest BCUT2D eigenvalue weighted by Crippen LogP contribution is 2.18. The molecular weight excluding hydrogens is 272 g/mol. The van der Waals surface area contributed by atoms with Gasteiger partial charge in [-0.1, -0.05) is 15.9 Å². The van der Waals surface area contributed by atoms with Crippen LogP contribution in [0.15, 0.2) is 18.5 Å². The molecule has 1 heterocycles. The number of methoxy groups -OCH3 is 1. The van der Waals surface area contributed by atoms with Crippen molar-refractivity contribution < 1.29 is 9.53 Å². The summed E-state index contributed by atoms with van der Waals surface area (Å²) in [6.07, 6.45) is 3.13. The highest BCUT2D eigenvalue weighted by Gasteiger charge is 2.19. The van der Waals surface area contributed by atoms with Gasteiger partial charge >= 0.3 is 0 Å². The molecule has 0 saturated carbocycles. The Bertz CT molecular complexity index is 371. The van der Waals surface area contributed by atoms with E-state index in [1.807, 2.05) is 6.92 Å². The molecule has 0 saturated heterocycles. The van der Waals surface area contributed by atoms with Gasteiger partial charge in [-0.2, -0.15) is 0 Å². The molecule has 0 N–H and O–H groups in total. The minimum absolute atomic E-state index is 0.0637. The van der Waals surface area contributed by atoms with Gasteiger partial charge in [0.2, 0.25) is 0 Å². The zero-order chi connectivity index (χ0) is 12.1. The first-order valence-corrected chi connectivity index (χ1v) is 6.05. The van der Waals surface area contributed by atoms with Gasteiger partial charge in [0.15, 0.2) is 0 Å². The number of halogens is 1. The Morgan fingerprint density at radius 2 is 2.38 bits per heavy atom. The molecule has 1 aromatic heterocycles. The molecule has 1 unspecified atom stereocenters. The molecule has 0 aliphatic rings. The second-order valence-electron chi connectivity index (χ2n) is 3.50. The van der Waals surface area contributed by atoms with Crippen molar-refractivity contribution >= 4 is 21.8 Å². The molecule has 1 rings (SSSR count). The monoisotopic (exact) mass is 286 g/mol. The molecule has 88 valence electrons. The first kappa shape index (κ1) is 13.0. The number of carbonyl (C=O) groups is 1.